The minimum atomic E-state index is -0.311. The smallest absolute Gasteiger partial charge is 0.293 e. The first-order chi connectivity index (χ1) is 7.92. The Balaban J connectivity index is 2.48. The Bertz CT molecular complexity index is 460. The van der Waals surface area contributed by atoms with Gasteiger partial charge in [0.25, 0.3) is 5.69 Å². The van der Waals surface area contributed by atoms with Gasteiger partial charge in [-0.05, 0) is 38.8 Å². The standard InChI is InChI=1S/C12H15BrN2O2/c1-12(2)6-3-7-14(12)10-5-4-9(13)8-11(10)15(16)17/h4-5,8H,3,6-7H2,1-2H3. The van der Waals surface area contributed by atoms with Crippen LogP contribution in [0, 0.1) is 10.1 Å². The van der Waals surface area contributed by atoms with E-state index in [1.165, 1.54) is 0 Å². The number of nitro benzene ring substituents is 1. The van der Waals surface area contributed by atoms with Gasteiger partial charge in [0.1, 0.15) is 5.69 Å². The summed E-state index contributed by atoms with van der Waals surface area (Å²) in [5.41, 5.74) is 0.897. The van der Waals surface area contributed by atoms with Gasteiger partial charge < -0.3 is 4.90 Å². The molecule has 0 N–H and O–H groups in total. The van der Waals surface area contributed by atoms with Gasteiger partial charge in [0.15, 0.2) is 0 Å². The van der Waals surface area contributed by atoms with Crippen LogP contribution in [-0.2, 0) is 0 Å². The Labute approximate surface area is 109 Å². The zero-order chi connectivity index (χ0) is 12.6. The topological polar surface area (TPSA) is 46.4 Å². The molecule has 1 aliphatic heterocycles. The average molecular weight is 299 g/mol. The fourth-order valence-corrected chi connectivity index (χ4v) is 2.77. The molecule has 1 aliphatic rings. The summed E-state index contributed by atoms with van der Waals surface area (Å²) < 4.78 is 0.741. The Hall–Kier alpha value is -1.10. The number of benzene rings is 1. The molecule has 0 spiro atoms. The predicted octanol–water partition coefficient (Wildman–Crippen LogP) is 3.74. The Morgan fingerprint density at radius 2 is 2.18 bits per heavy atom. The molecular formula is C12H15BrN2O2. The van der Waals surface area contributed by atoms with E-state index in [0.29, 0.717) is 0 Å². The molecule has 92 valence electrons. The number of halogens is 1. The van der Waals surface area contributed by atoms with E-state index in [4.69, 9.17) is 0 Å². The molecular weight excluding hydrogens is 284 g/mol. The number of hydrogen-bond donors (Lipinski definition) is 0. The van der Waals surface area contributed by atoms with E-state index < -0.39 is 0 Å². The molecule has 2 rings (SSSR count). The maximum atomic E-state index is 11.1. The number of rotatable bonds is 2. The van der Waals surface area contributed by atoms with Crippen molar-refractivity contribution in [1.29, 1.82) is 0 Å². The minimum Gasteiger partial charge on any atom is -0.361 e. The number of hydrogen-bond acceptors (Lipinski definition) is 3. The molecule has 0 radical (unpaired) electrons. The van der Waals surface area contributed by atoms with Gasteiger partial charge in [-0.1, -0.05) is 15.9 Å². The van der Waals surface area contributed by atoms with Crippen LogP contribution in [0.15, 0.2) is 22.7 Å². The molecule has 0 aromatic heterocycles. The molecule has 0 amide bonds. The summed E-state index contributed by atoms with van der Waals surface area (Å²) >= 11 is 3.28. The normalized spacial score (nSPS) is 18.4. The van der Waals surface area contributed by atoms with Gasteiger partial charge in [-0.25, -0.2) is 0 Å². The lowest BCUT2D eigenvalue weighted by molar-refractivity contribution is -0.384. The van der Waals surface area contributed by atoms with Gasteiger partial charge in [0, 0.05) is 22.6 Å². The molecule has 0 unspecified atom stereocenters. The lowest BCUT2D eigenvalue weighted by Gasteiger charge is -2.33. The predicted molar refractivity (Wildman–Crippen MR) is 71.5 cm³/mol. The zero-order valence-electron chi connectivity index (χ0n) is 9.94. The number of nitrogens with zero attached hydrogens (tertiary/aromatic N) is 2. The van der Waals surface area contributed by atoms with E-state index in [1.807, 2.05) is 12.1 Å². The molecule has 1 saturated heterocycles. The lowest BCUT2D eigenvalue weighted by atomic mass is 10.0. The summed E-state index contributed by atoms with van der Waals surface area (Å²) in [5.74, 6) is 0. The van der Waals surface area contributed by atoms with Crippen LogP contribution in [0.1, 0.15) is 26.7 Å². The van der Waals surface area contributed by atoms with Crippen molar-refractivity contribution in [3.63, 3.8) is 0 Å². The third-order valence-electron chi connectivity index (χ3n) is 3.33. The van der Waals surface area contributed by atoms with Crippen LogP contribution in [0.25, 0.3) is 0 Å². The van der Waals surface area contributed by atoms with Crippen molar-refractivity contribution >= 4 is 27.3 Å². The molecule has 5 heteroatoms. The molecule has 1 heterocycles. The number of anilines is 1. The van der Waals surface area contributed by atoms with Gasteiger partial charge in [-0.2, -0.15) is 0 Å². The highest BCUT2D eigenvalue weighted by Gasteiger charge is 2.35. The molecule has 4 nitrogen and oxygen atoms in total. The van der Waals surface area contributed by atoms with Crippen molar-refractivity contribution < 1.29 is 4.92 Å². The highest BCUT2D eigenvalue weighted by atomic mass is 79.9. The second kappa shape index (κ2) is 4.29. The first-order valence-electron chi connectivity index (χ1n) is 5.63. The van der Waals surface area contributed by atoms with E-state index in [9.17, 15) is 10.1 Å². The average Bonchev–Trinajstić information content (AvgIpc) is 2.58. The molecule has 0 aliphatic carbocycles. The summed E-state index contributed by atoms with van der Waals surface area (Å²) in [6.07, 6.45) is 2.15. The zero-order valence-corrected chi connectivity index (χ0v) is 11.5. The summed E-state index contributed by atoms with van der Waals surface area (Å²) in [4.78, 5) is 12.9. The fourth-order valence-electron chi connectivity index (χ4n) is 2.42. The van der Waals surface area contributed by atoms with Crippen LogP contribution in [-0.4, -0.2) is 17.0 Å². The van der Waals surface area contributed by atoms with E-state index >= 15 is 0 Å². The Morgan fingerprint density at radius 1 is 1.47 bits per heavy atom. The summed E-state index contributed by atoms with van der Waals surface area (Å²) in [7, 11) is 0. The van der Waals surface area contributed by atoms with Gasteiger partial charge in [-0.15, -0.1) is 0 Å². The second-order valence-electron chi connectivity index (χ2n) is 4.96. The SMILES string of the molecule is CC1(C)CCCN1c1ccc(Br)cc1[N+](=O)[O-]. The number of nitro groups is 1. The summed E-state index contributed by atoms with van der Waals surface area (Å²) in [6, 6.07) is 5.26. The maximum absolute atomic E-state index is 11.1. The highest BCUT2D eigenvalue weighted by Crippen LogP contribution is 2.39. The van der Waals surface area contributed by atoms with Crippen LogP contribution >= 0.6 is 15.9 Å². The highest BCUT2D eigenvalue weighted by molar-refractivity contribution is 9.10. The fraction of sp³-hybridized carbons (Fsp3) is 0.500. The molecule has 1 aromatic carbocycles. The molecule has 0 bridgehead atoms. The summed E-state index contributed by atoms with van der Waals surface area (Å²) in [5, 5.41) is 11.1. The Morgan fingerprint density at radius 3 is 2.71 bits per heavy atom. The van der Waals surface area contributed by atoms with E-state index in [-0.39, 0.29) is 16.1 Å². The van der Waals surface area contributed by atoms with Crippen molar-refractivity contribution in [3.05, 3.63) is 32.8 Å². The van der Waals surface area contributed by atoms with Crippen LogP contribution < -0.4 is 4.90 Å². The third-order valence-corrected chi connectivity index (χ3v) is 3.82. The largest absolute Gasteiger partial charge is 0.361 e. The monoisotopic (exact) mass is 298 g/mol. The molecule has 1 aromatic rings. The van der Waals surface area contributed by atoms with Gasteiger partial charge >= 0.3 is 0 Å². The first kappa shape index (κ1) is 12.4. The lowest BCUT2D eigenvalue weighted by Crippen LogP contribution is -2.38. The second-order valence-corrected chi connectivity index (χ2v) is 5.87. The van der Waals surface area contributed by atoms with Crippen LogP contribution in [0.2, 0.25) is 0 Å². The van der Waals surface area contributed by atoms with Crippen molar-refractivity contribution in [2.45, 2.75) is 32.2 Å². The first-order valence-corrected chi connectivity index (χ1v) is 6.43. The van der Waals surface area contributed by atoms with Crippen molar-refractivity contribution in [2.75, 3.05) is 11.4 Å². The Kier molecular flexibility index (Phi) is 3.12. The van der Waals surface area contributed by atoms with Crippen LogP contribution in [0.5, 0.6) is 0 Å². The van der Waals surface area contributed by atoms with Crippen molar-refractivity contribution in [1.82, 2.24) is 0 Å². The molecule has 0 saturated carbocycles. The van der Waals surface area contributed by atoms with Crippen molar-refractivity contribution in [2.24, 2.45) is 0 Å². The third kappa shape index (κ3) is 2.29. The molecule has 0 atom stereocenters. The minimum absolute atomic E-state index is 0.00140. The molecule has 1 fully saturated rings. The van der Waals surface area contributed by atoms with Crippen LogP contribution in [0.4, 0.5) is 11.4 Å². The maximum Gasteiger partial charge on any atom is 0.293 e. The quantitative estimate of drug-likeness (QED) is 0.617. The van der Waals surface area contributed by atoms with Gasteiger partial charge in [-0.3, -0.25) is 10.1 Å². The summed E-state index contributed by atoms with van der Waals surface area (Å²) in [6.45, 7) is 5.15. The van der Waals surface area contributed by atoms with E-state index in [1.54, 1.807) is 6.07 Å². The van der Waals surface area contributed by atoms with E-state index in [2.05, 4.69) is 34.7 Å². The van der Waals surface area contributed by atoms with Gasteiger partial charge in [0.2, 0.25) is 0 Å². The van der Waals surface area contributed by atoms with E-state index in [0.717, 1.165) is 29.5 Å². The molecule has 17 heavy (non-hydrogen) atoms. The van der Waals surface area contributed by atoms with Gasteiger partial charge in [0.05, 0.1) is 4.92 Å². The van der Waals surface area contributed by atoms with Crippen LogP contribution in [0.3, 0.4) is 0 Å². The van der Waals surface area contributed by atoms with Crippen molar-refractivity contribution in [3.8, 4) is 0 Å².